The summed E-state index contributed by atoms with van der Waals surface area (Å²) in [6, 6.07) is 7.36. The first kappa shape index (κ1) is 14.8. The molecule has 1 aromatic heterocycles. The van der Waals surface area contributed by atoms with Crippen molar-refractivity contribution in [3.63, 3.8) is 0 Å². The number of rotatable bonds is 5. The number of aromatic carboxylic acids is 1. The normalized spacial score (nSPS) is 16.7. The molecule has 1 fully saturated rings. The van der Waals surface area contributed by atoms with Crippen LogP contribution in [-0.4, -0.2) is 39.3 Å². The zero-order chi connectivity index (χ0) is 15.4. The highest BCUT2D eigenvalue weighted by molar-refractivity contribution is 5.89. The fourth-order valence-corrected chi connectivity index (χ4v) is 3.19. The molecule has 1 saturated heterocycles. The highest BCUT2D eigenvalue weighted by Gasteiger charge is 2.21. The number of nitrogens with zero attached hydrogens (tertiary/aromatic N) is 2. The Labute approximate surface area is 130 Å². The van der Waals surface area contributed by atoms with Crippen LogP contribution < -0.4 is 0 Å². The molecule has 0 spiro atoms. The van der Waals surface area contributed by atoms with E-state index in [1.807, 2.05) is 24.5 Å². The van der Waals surface area contributed by atoms with Gasteiger partial charge >= 0.3 is 5.97 Å². The van der Waals surface area contributed by atoms with Gasteiger partial charge in [-0.15, -0.1) is 0 Å². The molecule has 2 heterocycles. The Morgan fingerprint density at radius 1 is 1.32 bits per heavy atom. The molecule has 0 radical (unpaired) electrons. The summed E-state index contributed by atoms with van der Waals surface area (Å²) in [7, 11) is 0. The summed E-state index contributed by atoms with van der Waals surface area (Å²) in [4.78, 5) is 13.7. The van der Waals surface area contributed by atoms with E-state index in [4.69, 9.17) is 0 Å². The second-order valence-electron chi connectivity index (χ2n) is 5.99. The van der Waals surface area contributed by atoms with Gasteiger partial charge in [-0.05, 0) is 49.9 Å². The first-order valence-corrected chi connectivity index (χ1v) is 7.73. The van der Waals surface area contributed by atoms with Crippen molar-refractivity contribution in [1.82, 2.24) is 15.1 Å². The van der Waals surface area contributed by atoms with Crippen molar-refractivity contribution < 1.29 is 9.90 Å². The van der Waals surface area contributed by atoms with Gasteiger partial charge in [0.25, 0.3) is 0 Å². The number of hydrogen-bond donors (Lipinski definition) is 2. The molecular weight excluding hydrogens is 278 g/mol. The number of carboxylic acid groups (broad SMARTS) is 1. The summed E-state index contributed by atoms with van der Waals surface area (Å²) in [5, 5.41) is 16.1. The molecular formula is C17H21N3O2. The zero-order valence-corrected chi connectivity index (χ0v) is 12.5. The van der Waals surface area contributed by atoms with E-state index in [0.717, 1.165) is 44.5 Å². The largest absolute Gasteiger partial charge is 0.478 e. The van der Waals surface area contributed by atoms with Gasteiger partial charge in [-0.2, -0.15) is 5.10 Å². The molecule has 3 rings (SSSR count). The Balaban J connectivity index is 1.55. The summed E-state index contributed by atoms with van der Waals surface area (Å²) in [5.74, 6) is -0.255. The third kappa shape index (κ3) is 3.54. The fraction of sp³-hybridized carbons (Fsp3) is 0.412. The predicted octanol–water partition coefficient (Wildman–Crippen LogP) is 2.56. The second-order valence-corrected chi connectivity index (χ2v) is 5.99. The van der Waals surface area contributed by atoms with Gasteiger partial charge in [-0.1, -0.05) is 18.2 Å². The Morgan fingerprint density at radius 3 is 2.77 bits per heavy atom. The second kappa shape index (κ2) is 6.75. The van der Waals surface area contributed by atoms with Gasteiger partial charge in [0.05, 0.1) is 11.8 Å². The van der Waals surface area contributed by atoms with Crippen LogP contribution in [-0.2, 0) is 13.0 Å². The van der Waals surface area contributed by atoms with Gasteiger partial charge in [-0.25, -0.2) is 4.79 Å². The third-order valence-electron chi connectivity index (χ3n) is 4.42. The smallest absolute Gasteiger partial charge is 0.335 e. The number of aromatic nitrogens is 2. The van der Waals surface area contributed by atoms with E-state index in [-0.39, 0.29) is 0 Å². The number of carboxylic acids is 1. The molecule has 116 valence electrons. The molecule has 2 N–H and O–H groups in total. The summed E-state index contributed by atoms with van der Waals surface area (Å²) >= 11 is 0. The minimum absolute atomic E-state index is 0.448. The number of likely N-dealkylation sites (tertiary alicyclic amines) is 1. The third-order valence-corrected chi connectivity index (χ3v) is 4.42. The maximum atomic E-state index is 11.3. The summed E-state index contributed by atoms with van der Waals surface area (Å²) in [5.41, 5.74) is 2.63. The van der Waals surface area contributed by atoms with E-state index >= 15 is 0 Å². The molecule has 22 heavy (non-hydrogen) atoms. The van der Waals surface area contributed by atoms with Crippen LogP contribution in [0.5, 0.6) is 0 Å². The Hall–Kier alpha value is -2.14. The molecule has 0 unspecified atom stereocenters. The van der Waals surface area contributed by atoms with Crippen LogP contribution in [0.1, 0.15) is 34.3 Å². The van der Waals surface area contributed by atoms with Gasteiger partial charge in [0.1, 0.15) is 0 Å². The van der Waals surface area contributed by atoms with E-state index < -0.39 is 5.97 Å². The van der Waals surface area contributed by atoms with Crippen LogP contribution in [0.15, 0.2) is 36.7 Å². The minimum atomic E-state index is -0.826. The molecule has 5 nitrogen and oxygen atoms in total. The van der Waals surface area contributed by atoms with Crippen molar-refractivity contribution >= 4 is 5.97 Å². The lowest BCUT2D eigenvalue weighted by atomic mass is 9.88. The monoisotopic (exact) mass is 299 g/mol. The van der Waals surface area contributed by atoms with Gasteiger partial charge in [0.2, 0.25) is 0 Å². The first-order valence-electron chi connectivity index (χ1n) is 7.73. The Bertz CT molecular complexity index is 617. The summed E-state index contributed by atoms with van der Waals surface area (Å²) < 4.78 is 0. The molecule has 5 heteroatoms. The van der Waals surface area contributed by atoms with Gasteiger partial charge in [0.15, 0.2) is 0 Å². The van der Waals surface area contributed by atoms with Crippen LogP contribution in [0, 0.1) is 5.92 Å². The standard InChI is InChI=1S/C17H21N3O2/c21-17(22)16-4-2-1-3-15(16)9-13-5-7-20(8-6-13)12-14-10-18-19-11-14/h1-4,10-11,13H,5-9,12H2,(H,18,19)(H,21,22). The average Bonchev–Trinajstić information content (AvgIpc) is 3.02. The number of carbonyl (C=O) groups is 1. The van der Waals surface area contributed by atoms with Crippen LogP contribution in [0.25, 0.3) is 0 Å². The number of piperidine rings is 1. The minimum Gasteiger partial charge on any atom is -0.478 e. The average molecular weight is 299 g/mol. The van der Waals surface area contributed by atoms with Gasteiger partial charge in [0, 0.05) is 18.3 Å². The van der Waals surface area contributed by atoms with E-state index in [1.165, 1.54) is 5.56 Å². The topological polar surface area (TPSA) is 69.2 Å². The van der Waals surface area contributed by atoms with Crippen molar-refractivity contribution in [3.8, 4) is 0 Å². The molecule has 0 bridgehead atoms. The molecule has 2 aromatic rings. The first-order chi connectivity index (χ1) is 10.7. The van der Waals surface area contributed by atoms with Crippen LogP contribution in [0.4, 0.5) is 0 Å². The highest BCUT2D eigenvalue weighted by Crippen LogP contribution is 2.24. The van der Waals surface area contributed by atoms with Crippen molar-refractivity contribution in [2.24, 2.45) is 5.92 Å². The van der Waals surface area contributed by atoms with Gasteiger partial charge in [-0.3, -0.25) is 10.00 Å². The predicted molar refractivity (Wildman–Crippen MR) is 83.7 cm³/mol. The Kier molecular flexibility index (Phi) is 4.53. The molecule has 0 atom stereocenters. The van der Waals surface area contributed by atoms with Crippen LogP contribution >= 0.6 is 0 Å². The SMILES string of the molecule is O=C(O)c1ccccc1CC1CCN(Cc2cn[nH]c2)CC1. The zero-order valence-electron chi connectivity index (χ0n) is 12.5. The van der Waals surface area contributed by atoms with Crippen molar-refractivity contribution in [2.75, 3.05) is 13.1 Å². The lowest BCUT2D eigenvalue weighted by Crippen LogP contribution is -2.33. The molecule has 1 aliphatic rings. The maximum Gasteiger partial charge on any atom is 0.335 e. The number of nitrogens with one attached hydrogen (secondary N) is 1. The molecule has 1 aromatic carbocycles. The highest BCUT2D eigenvalue weighted by atomic mass is 16.4. The quantitative estimate of drug-likeness (QED) is 0.890. The molecule has 1 aliphatic heterocycles. The Morgan fingerprint density at radius 2 is 2.09 bits per heavy atom. The molecule has 0 aliphatic carbocycles. The number of benzene rings is 1. The number of H-pyrrole nitrogens is 1. The molecule has 0 saturated carbocycles. The number of hydrogen-bond acceptors (Lipinski definition) is 3. The summed E-state index contributed by atoms with van der Waals surface area (Å²) in [6.45, 7) is 3.06. The van der Waals surface area contributed by atoms with Crippen molar-refractivity contribution in [2.45, 2.75) is 25.8 Å². The number of aromatic amines is 1. The summed E-state index contributed by atoms with van der Waals surface area (Å²) in [6.07, 6.45) is 6.91. The van der Waals surface area contributed by atoms with Crippen LogP contribution in [0.3, 0.4) is 0 Å². The van der Waals surface area contributed by atoms with E-state index in [1.54, 1.807) is 12.1 Å². The maximum absolute atomic E-state index is 11.3. The van der Waals surface area contributed by atoms with E-state index in [2.05, 4.69) is 15.1 Å². The van der Waals surface area contributed by atoms with Gasteiger partial charge < -0.3 is 5.11 Å². The molecule has 0 amide bonds. The van der Waals surface area contributed by atoms with Crippen molar-refractivity contribution in [1.29, 1.82) is 0 Å². The fourth-order valence-electron chi connectivity index (χ4n) is 3.19. The lowest BCUT2D eigenvalue weighted by Gasteiger charge is -2.31. The van der Waals surface area contributed by atoms with E-state index in [9.17, 15) is 9.90 Å². The lowest BCUT2D eigenvalue weighted by molar-refractivity contribution is 0.0695. The van der Waals surface area contributed by atoms with E-state index in [0.29, 0.717) is 11.5 Å². The van der Waals surface area contributed by atoms with Crippen LogP contribution in [0.2, 0.25) is 0 Å². The van der Waals surface area contributed by atoms with Crippen molar-refractivity contribution in [3.05, 3.63) is 53.3 Å².